The van der Waals surface area contributed by atoms with Gasteiger partial charge in [-0.2, -0.15) is 5.26 Å². The fraction of sp³-hybridized carbons (Fsp3) is 0.923. The zero-order chi connectivity index (χ0) is 11.9. The Hall–Kier alpha value is -0.630. The molecule has 3 aliphatic heterocycles. The van der Waals surface area contributed by atoms with Gasteiger partial charge in [0.2, 0.25) is 0 Å². The Labute approximate surface area is 102 Å². The molecule has 3 aliphatic rings. The van der Waals surface area contributed by atoms with Crippen molar-refractivity contribution in [1.29, 1.82) is 5.26 Å². The van der Waals surface area contributed by atoms with Gasteiger partial charge < -0.3 is 15.2 Å². The van der Waals surface area contributed by atoms with Crippen LogP contribution in [0.25, 0.3) is 0 Å². The number of nitriles is 1. The molecule has 3 rings (SSSR count). The summed E-state index contributed by atoms with van der Waals surface area (Å²) in [6.45, 7) is 1.13. The first-order chi connectivity index (χ1) is 8.17. The fourth-order valence-electron chi connectivity index (χ4n) is 3.87. The molecular weight excluding hydrogens is 216 g/mol. The minimum atomic E-state index is -0.848. The highest BCUT2D eigenvalue weighted by Crippen LogP contribution is 2.48. The minimum absolute atomic E-state index is 0.394. The van der Waals surface area contributed by atoms with Crippen molar-refractivity contribution in [2.75, 3.05) is 13.2 Å². The molecule has 0 amide bonds. The molecule has 4 nitrogen and oxygen atoms in total. The van der Waals surface area contributed by atoms with Gasteiger partial charge >= 0.3 is 0 Å². The maximum Gasteiger partial charge on any atom is 0.109 e. The van der Waals surface area contributed by atoms with E-state index in [2.05, 4.69) is 11.4 Å². The standard InChI is InChI=1S/C13H20N2O2/c14-8-12(4-1-5-17-9-12)13(16)6-10-2-3-11(7-13)15-10/h10-11,15-16H,1-7,9H2. The first-order valence-electron chi connectivity index (χ1n) is 6.65. The van der Waals surface area contributed by atoms with Crippen molar-refractivity contribution in [3.8, 4) is 6.07 Å². The monoisotopic (exact) mass is 236 g/mol. The summed E-state index contributed by atoms with van der Waals surface area (Å²) in [5.74, 6) is 0. The topological polar surface area (TPSA) is 65.3 Å². The summed E-state index contributed by atoms with van der Waals surface area (Å²) in [7, 11) is 0. The van der Waals surface area contributed by atoms with Crippen LogP contribution in [0.3, 0.4) is 0 Å². The average Bonchev–Trinajstić information content (AvgIpc) is 2.70. The van der Waals surface area contributed by atoms with Gasteiger partial charge in [0, 0.05) is 18.7 Å². The number of fused-ring (bicyclic) bond motifs is 2. The SMILES string of the molecule is N#CC1(C2(O)CC3CCC(C2)N3)CCCOC1. The maximum absolute atomic E-state index is 11.0. The first-order valence-corrected chi connectivity index (χ1v) is 6.65. The Morgan fingerprint density at radius 3 is 2.53 bits per heavy atom. The summed E-state index contributed by atoms with van der Waals surface area (Å²) in [6.07, 6.45) is 5.35. The fourth-order valence-corrected chi connectivity index (χ4v) is 3.87. The zero-order valence-electron chi connectivity index (χ0n) is 10.1. The number of aliphatic hydroxyl groups is 1. The van der Waals surface area contributed by atoms with E-state index >= 15 is 0 Å². The highest BCUT2D eigenvalue weighted by molar-refractivity contribution is 5.17. The molecule has 2 N–H and O–H groups in total. The summed E-state index contributed by atoms with van der Waals surface area (Å²) in [5.41, 5.74) is -1.52. The van der Waals surface area contributed by atoms with Crippen LogP contribution in [0.2, 0.25) is 0 Å². The molecule has 94 valence electrons. The van der Waals surface area contributed by atoms with E-state index in [4.69, 9.17) is 4.74 Å². The van der Waals surface area contributed by atoms with E-state index in [1.165, 1.54) is 0 Å². The molecule has 0 spiro atoms. The third-order valence-electron chi connectivity index (χ3n) is 4.85. The molecule has 3 atom stereocenters. The van der Waals surface area contributed by atoms with Gasteiger partial charge in [-0.3, -0.25) is 0 Å². The molecule has 4 heteroatoms. The number of ether oxygens (including phenoxy) is 1. The maximum atomic E-state index is 11.0. The lowest BCUT2D eigenvalue weighted by molar-refractivity contribution is -0.139. The molecular formula is C13H20N2O2. The van der Waals surface area contributed by atoms with Gasteiger partial charge in [-0.05, 0) is 38.5 Å². The summed E-state index contributed by atoms with van der Waals surface area (Å²) < 4.78 is 5.48. The molecule has 3 heterocycles. The Kier molecular flexibility index (Phi) is 2.66. The van der Waals surface area contributed by atoms with Crippen LogP contribution in [-0.4, -0.2) is 36.0 Å². The van der Waals surface area contributed by atoms with Gasteiger partial charge in [0.1, 0.15) is 5.41 Å². The highest BCUT2D eigenvalue weighted by Gasteiger charge is 2.56. The Morgan fingerprint density at radius 1 is 1.29 bits per heavy atom. The third-order valence-corrected chi connectivity index (χ3v) is 4.85. The predicted octanol–water partition coefficient (Wildman–Crippen LogP) is 0.952. The number of piperidine rings is 1. The van der Waals surface area contributed by atoms with Crippen LogP contribution in [0.15, 0.2) is 0 Å². The van der Waals surface area contributed by atoms with Crippen molar-refractivity contribution < 1.29 is 9.84 Å². The Bertz CT molecular complexity index is 332. The average molecular weight is 236 g/mol. The molecule has 0 radical (unpaired) electrons. The van der Waals surface area contributed by atoms with Gasteiger partial charge in [-0.25, -0.2) is 0 Å². The molecule has 3 unspecified atom stereocenters. The van der Waals surface area contributed by atoms with Crippen molar-refractivity contribution in [2.45, 2.75) is 56.2 Å². The lowest BCUT2D eigenvalue weighted by atomic mass is 9.64. The molecule has 0 aromatic heterocycles. The summed E-state index contributed by atoms with van der Waals surface area (Å²) in [4.78, 5) is 0. The second kappa shape index (κ2) is 3.94. The predicted molar refractivity (Wildman–Crippen MR) is 62.2 cm³/mol. The Morgan fingerprint density at radius 2 is 2.00 bits per heavy atom. The molecule has 17 heavy (non-hydrogen) atoms. The van der Waals surface area contributed by atoms with Crippen molar-refractivity contribution in [3.05, 3.63) is 0 Å². The van der Waals surface area contributed by atoms with E-state index in [0.29, 0.717) is 31.5 Å². The number of hydrogen-bond acceptors (Lipinski definition) is 4. The van der Waals surface area contributed by atoms with Crippen molar-refractivity contribution >= 4 is 0 Å². The van der Waals surface area contributed by atoms with Crippen molar-refractivity contribution in [1.82, 2.24) is 5.32 Å². The quantitative estimate of drug-likeness (QED) is 0.711. The zero-order valence-corrected chi connectivity index (χ0v) is 10.1. The summed E-state index contributed by atoms with van der Waals surface area (Å²) in [5, 5.41) is 24.0. The molecule has 3 fully saturated rings. The highest BCUT2D eigenvalue weighted by atomic mass is 16.5. The van der Waals surface area contributed by atoms with Gasteiger partial charge in [-0.1, -0.05) is 0 Å². The van der Waals surface area contributed by atoms with Gasteiger partial charge in [-0.15, -0.1) is 0 Å². The smallest absolute Gasteiger partial charge is 0.109 e. The van der Waals surface area contributed by atoms with Crippen LogP contribution in [-0.2, 0) is 4.74 Å². The number of nitrogens with zero attached hydrogens (tertiary/aromatic N) is 1. The summed E-state index contributed by atoms with van der Waals surface area (Å²) >= 11 is 0. The molecule has 3 saturated heterocycles. The summed E-state index contributed by atoms with van der Waals surface area (Å²) in [6, 6.07) is 3.18. The lowest BCUT2D eigenvalue weighted by Gasteiger charge is -2.48. The molecule has 0 aromatic rings. The lowest BCUT2D eigenvalue weighted by Crippen LogP contribution is -2.59. The van der Waals surface area contributed by atoms with Crippen molar-refractivity contribution in [3.63, 3.8) is 0 Å². The largest absolute Gasteiger partial charge is 0.388 e. The van der Waals surface area contributed by atoms with Crippen LogP contribution in [0, 0.1) is 16.7 Å². The first kappa shape index (κ1) is 11.5. The van der Waals surface area contributed by atoms with E-state index < -0.39 is 11.0 Å². The van der Waals surface area contributed by atoms with Gasteiger partial charge in [0.15, 0.2) is 0 Å². The normalized spacial score (nSPS) is 49.9. The van der Waals surface area contributed by atoms with E-state index in [-0.39, 0.29) is 0 Å². The number of rotatable bonds is 1. The van der Waals surface area contributed by atoms with Crippen LogP contribution < -0.4 is 5.32 Å². The number of nitrogens with one attached hydrogen (secondary N) is 1. The second-order valence-corrected chi connectivity index (χ2v) is 5.93. The van der Waals surface area contributed by atoms with E-state index in [9.17, 15) is 10.4 Å². The van der Waals surface area contributed by atoms with Crippen molar-refractivity contribution in [2.24, 2.45) is 5.41 Å². The number of hydrogen-bond donors (Lipinski definition) is 2. The van der Waals surface area contributed by atoms with Crippen LogP contribution >= 0.6 is 0 Å². The molecule has 2 bridgehead atoms. The van der Waals surface area contributed by atoms with E-state index in [1.54, 1.807) is 0 Å². The Balaban J connectivity index is 1.88. The van der Waals surface area contributed by atoms with Gasteiger partial charge in [0.05, 0.1) is 18.3 Å². The van der Waals surface area contributed by atoms with E-state index in [1.807, 2.05) is 0 Å². The third kappa shape index (κ3) is 1.69. The van der Waals surface area contributed by atoms with Crippen LogP contribution in [0.4, 0.5) is 0 Å². The second-order valence-electron chi connectivity index (χ2n) is 5.93. The molecule has 0 aromatic carbocycles. The molecule has 0 aliphatic carbocycles. The van der Waals surface area contributed by atoms with Gasteiger partial charge in [0.25, 0.3) is 0 Å². The molecule has 0 saturated carbocycles. The minimum Gasteiger partial charge on any atom is -0.388 e. The van der Waals surface area contributed by atoms with Crippen LogP contribution in [0.1, 0.15) is 38.5 Å². The van der Waals surface area contributed by atoms with Crippen LogP contribution in [0.5, 0.6) is 0 Å². The van der Waals surface area contributed by atoms with E-state index in [0.717, 1.165) is 32.3 Å².